The molecule has 0 bridgehead atoms. The number of rotatable bonds is 4. The second-order valence-corrected chi connectivity index (χ2v) is 6.29. The Balaban J connectivity index is 1.65. The number of fused-ring (bicyclic) bond motifs is 1. The molecule has 0 aliphatic heterocycles. The number of benzene rings is 2. The van der Waals surface area contributed by atoms with Gasteiger partial charge in [0.15, 0.2) is 5.65 Å². The Morgan fingerprint density at radius 1 is 0.960 bits per heavy atom. The molecule has 1 N–H and O–H groups in total. The quantitative estimate of drug-likeness (QED) is 0.605. The lowest BCUT2D eigenvalue weighted by Gasteiger charge is -2.05. The molecular formula is C18H12N6S. The van der Waals surface area contributed by atoms with E-state index in [0.717, 1.165) is 15.6 Å². The van der Waals surface area contributed by atoms with Crippen molar-refractivity contribution < 1.29 is 0 Å². The van der Waals surface area contributed by atoms with Gasteiger partial charge in [-0.2, -0.15) is 14.9 Å². The number of nitrogens with zero attached hydrogens (tertiary/aromatic N) is 5. The van der Waals surface area contributed by atoms with Crippen molar-refractivity contribution in [2.45, 2.75) is 9.92 Å². The minimum absolute atomic E-state index is 0.501. The van der Waals surface area contributed by atoms with Crippen LogP contribution in [-0.2, 0) is 0 Å². The fourth-order valence-electron chi connectivity index (χ4n) is 2.31. The molecule has 0 saturated carbocycles. The average molecular weight is 344 g/mol. The van der Waals surface area contributed by atoms with Crippen LogP contribution in [0.1, 0.15) is 5.56 Å². The fourth-order valence-corrected chi connectivity index (χ4v) is 3.10. The average Bonchev–Trinajstić information content (AvgIpc) is 3.05. The van der Waals surface area contributed by atoms with E-state index in [-0.39, 0.29) is 0 Å². The summed E-state index contributed by atoms with van der Waals surface area (Å²) in [4.78, 5) is 1.11. The van der Waals surface area contributed by atoms with Gasteiger partial charge in [0.25, 0.3) is 0 Å². The predicted molar refractivity (Wildman–Crippen MR) is 95.8 cm³/mol. The molecule has 0 aliphatic rings. The van der Waals surface area contributed by atoms with Crippen molar-refractivity contribution in [1.29, 1.82) is 5.26 Å². The van der Waals surface area contributed by atoms with Gasteiger partial charge in [0.05, 0.1) is 11.6 Å². The summed E-state index contributed by atoms with van der Waals surface area (Å²) >= 11 is 1.57. The topological polar surface area (TPSA) is 78.9 Å². The van der Waals surface area contributed by atoms with E-state index < -0.39 is 0 Å². The number of hydrogen-bond acceptors (Lipinski definition) is 6. The third-order valence-electron chi connectivity index (χ3n) is 3.45. The summed E-state index contributed by atoms with van der Waals surface area (Å²) in [5.74, 6) is 0.501. The van der Waals surface area contributed by atoms with Crippen LogP contribution in [0.25, 0.3) is 5.65 Å². The molecule has 4 rings (SSSR count). The van der Waals surface area contributed by atoms with Crippen LogP contribution in [0.3, 0.4) is 0 Å². The van der Waals surface area contributed by atoms with E-state index in [0.29, 0.717) is 17.2 Å². The van der Waals surface area contributed by atoms with Gasteiger partial charge < -0.3 is 5.32 Å². The van der Waals surface area contributed by atoms with E-state index in [1.807, 2.05) is 54.6 Å². The normalized spacial score (nSPS) is 10.5. The van der Waals surface area contributed by atoms with E-state index in [4.69, 9.17) is 5.26 Å². The molecular weight excluding hydrogens is 332 g/mol. The lowest BCUT2D eigenvalue weighted by molar-refractivity contribution is 0.861. The summed E-state index contributed by atoms with van der Waals surface area (Å²) in [5.41, 5.74) is 1.99. The van der Waals surface area contributed by atoms with Crippen LogP contribution < -0.4 is 5.32 Å². The Hall–Kier alpha value is -3.37. The molecule has 0 aliphatic carbocycles. The minimum atomic E-state index is 0.501. The van der Waals surface area contributed by atoms with Crippen LogP contribution in [0.2, 0.25) is 0 Å². The molecule has 0 atom stereocenters. The van der Waals surface area contributed by atoms with Gasteiger partial charge in [-0.15, -0.1) is 10.2 Å². The number of nitrogens with one attached hydrogen (secondary N) is 1. The SMILES string of the molecule is N#Cc1cccc(Nc2nnc3ccc(Sc4ccccc4)nn23)c1. The molecule has 2 aromatic carbocycles. The highest BCUT2D eigenvalue weighted by Crippen LogP contribution is 2.26. The van der Waals surface area contributed by atoms with Crippen LogP contribution in [0.5, 0.6) is 0 Å². The van der Waals surface area contributed by atoms with Crippen LogP contribution in [0, 0.1) is 11.3 Å². The Kier molecular flexibility index (Phi) is 4.02. The van der Waals surface area contributed by atoms with Crippen LogP contribution in [0.4, 0.5) is 11.6 Å². The second kappa shape index (κ2) is 6.63. The van der Waals surface area contributed by atoms with Crippen molar-refractivity contribution in [3.63, 3.8) is 0 Å². The summed E-state index contributed by atoms with van der Waals surface area (Å²) in [6, 6.07) is 23.1. The third-order valence-corrected chi connectivity index (χ3v) is 4.39. The van der Waals surface area contributed by atoms with Gasteiger partial charge in [-0.05, 0) is 42.5 Å². The zero-order chi connectivity index (χ0) is 17.1. The molecule has 120 valence electrons. The first-order chi connectivity index (χ1) is 12.3. The van der Waals surface area contributed by atoms with E-state index >= 15 is 0 Å². The van der Waals surface area contributed by atoms with Crippen molar-refractivity contribution in [3.05, 3.63) is 72.3 Å². The highest BCUT2D eigenvalue weighted by Gasteiger charge is 2.09. The number of aromatic nitrogens is 4. The molecule has 0 radical (unpaired) electrons. The Morgan fingerprint density at radius 3 is 2.68 bits per heavy atom. The molecule has 2 aromatic heterocycles. The molecule has 0 unspecified atom stereocenters. The zero-order valence-electron chi connectivity index (χ0n) is 13.0. The minimum Gasteiger partial charge on any atom is -0.323 e. The molecule has 2 heterocycles. The lowest BCUT2D eigenvalue weighted by atomic mass is 10.2. The van der Waals surface area contributed by atoms with Crippen molar-refractivity contribution in [1.82, 2.24) is 19.8 Å². The van der Waals surface area contributed by atoms with E-state index in [1.54, 1.807) is 28.4 Å². The third kappa shape index (κ3) is 3.29. The smallest absolute Gasteiger partial charge is 0.250 e. The Labute approximate surface area is 148 Å². The highest BCUT2D eigenvalue weighted by molar-refractivity contribution is 7.99. The largest absolute Gasteiger partial charge is 0.323 e. The summed E-state index contributed by atoms with van der Waals surface area (Å²) in [6.07, 6.45) is 0. The molecule has 0 amide bonds. The van der Waals surface area contributed by atoms with Gasteiger partial charge in [-0.1, -0.05) is 36.0 Å². The maximum atomic E-state index is 9.01. The standard InChI is InChI=1S/C18H12N6S/c19-12-13-5-4-6-14(11-13)20-18-22-21-16-9-10-17(23-24(16)18)25-15-7-2-1-3-8-15/h1-11H,(H,20,22). The monoisotopic (exact) mass is 344 g/mol. The van der Waals surface area contributed by atoms with E-state index in [2.05, 4.69) is 26.7 Å². The summed E-state index contributed by atoms with van der Waals surface area (Å²) < 4.78 is 1.66. The van der Waals surface area contributed by atoms with E-state index in [9.17, 15) is 0 Å². The molecule has 4 aromatic rings. The molecule has 6 nitrogen and oxygen atoms in total. The molecule has 0 spiro atoms. The lowest BCUT2D eigenvalue weighted by Crippen LogP contribution is -2.00. The molecule has 0 fully saturated rings. The van der Waals surface area contributed by atoms with E-state index in [1.165, 1.54) is 0 Å². The van der Waals surface area contributed by atoms with Crippen LogP contribution in [0.15, 0.2) is 76.7 Å². The first kappa shape index (κ1) is 15.2. The predicted octanol–water partition coefficient (Wildman–Crippen LogP) is 3.89. The summed E-state index contributed by atoms with van der Waals surface area (Å²) in [6.45, 7) is 0. The zero-order valence-corrected chi connectivity index (χ0v) is 13.8. The number of hydrogen-bond donors (Lipinski definition) is 1. The van der Waals surface area contributed by atoms with Crippen LogP contribution in [-0.4, -0.2) is 19.8 Å². The maximum absolute atomic E-state index is 9.01. The van der Waals surface area contributed by atoms with Gasteiger partial charge in [-0.3, -0.25) is 0 Å². The van der Waals surface area contributed by atoms with Crippen molar-refractivity contribution in [2.24, 2.45) is 0 Å². The number of nitriles is 1. The van der Waals surface area contributed by atoms with Gasteiger partial charge in [0, 0.05) is 10.6 Å². The highest BCUT2D eigenvalue weighted by atomic mass is 32.2. The fraction of sp³-hybridized carbons (Fsp3) is 0. The van der Waals surface area contributed by atoms with Crippen molar-refractivity contribution >= 4 is 29.0 Å². The first-order valence-corrected chi connectivity index (χ1v) is 8.36. The van der Waals surface area contributed by atoms with Gasteiger partial charge in [-0.25, -0.2) is 0 Å². The molecule has 25 heavy (non-hydrogen) atoms. The first-order valence-electron chi connectivity index (χ1n) is 7.54. The number of anilines is 2. The molecule has 7 heteroatoms. The summed E-state index contributed by atoms with van der Waals surface area (Å²) in [5, 5.41) is 25.9. The van der Waals surface area contributed by atoms with Crippen LogP contribution >= 0.6 is 11.8 Å². The second-order valence-electron chi connectivity index (χ2n) is 5.20. The molecule has 0 saturated heterocycles. The van der Waals surface area contributed by atoms with Gasteiger partial charge >= 0.3 is 0 Å². The van der Waals surface area contributed by atoms with Crippen molar-refractivity contribution in [3.8, 4) is 6.07 Å². The Bertz CT molecular complexity index is 1070. The van der Waals surface area contributed by atoms with Crippen molar-refractivity contribution in [2.75, 3.05) is 5.32 Å². The summed E-state index contributed by atoms with van der Waals surface area (Å²) in [7, 11) is 0. The Morgan fingerprint density at radius 2 is 1.84 bits per heavy atom. The van der Waals surface area contributed by atoms with Gasteiger partial charge in [0.1, 0.15) is 5.03 Å². The maximum Gasteiger partial charge on any atom is 0.250 e. The van der Waals surface area contributed by atoms with Gasteiger partial charge in [0.2, 0.25) is 5.95 Å².